The average molecular weight is 1240 g/mol. The highest BCUT2D eigenvalue weighted by Crippen LogP contribution is 2.41. The van der Waals surface area contributed by atoms with Crippen molar-refractivity contribution >= 4 is 56.8 Å². The minimum atomic E-state index is -1.10. The highest BCUT2D eigenvalue weighted by molar-refractivity contribution is 6.03. The predicted octanol–water partition coefficient (Wildman–Crippen LogP) is 7.58. The first-order chi connectivity index (χ1) is 44.1. The number of nitrogens with one attached hydrogen (secondary N) is 6. The third kappa shape index (κ3) is 13.5. The number of benzene rings is 4. The summed E-state index contributed by atoms with van der Waals surface area (Å²) in [7, 11) is 3.35. The minimum absolute atomic E-state index is 0.0286. The Balaban J connectivity index is 0.922. The summed E-state index contributed by atoms with van der Waals surface area (Å²) < 4.78 is 31.5. The maximum absolute atomic E-state index is 15.2. The van der Waals surface area contributed by atoms with Gasteiger partial charge in [-0.1, -0.05) is 77.6 Å². The van der Waals surface area contributed by atoms with Gasteiger partial charge in [-0.05, 0) is 134 Å². The fourth-order valence-corrected chi connectivity index (χ4v) is 12.6. The van der Waals surface area contributed by atoms with Gasteiger partial charge in [-0.2, -0.15) is 10.5 Å². The lowest BCUT2D eigenvalue weighted by atomic mass is 9.91. The van der Waals surface area contributed by atoms with Gasteiger partial charge in [-0.15, -0.1) is 0 Å². The summed E-state index contributed by atoms with van der Waals surface area (Å²) in [6.07, 6.45) is 5.05. The average Bonchev–Trinajstić information content (AvgIpc) is 1.61. The van der Waals surface area contributed by atoms with E-state index in [0.717, 1.165) is 11.0 Å². The molecule has 0 aliphatic carbocycles. The lowest BCUT2D eigenvalue weighted by Crippen LogP contribution is -2.54. The number of likely N-dealkylation sites (N-methyl/N-ethyl adjacent to an activating group) is 2. The van der Waals surface area contributed by atoms with Crippen molar-refractivity contribution in [1.82, 2.24) is 40.4 Å². The third-order valence-corrected chi connectivity index (χ3v) is 17.5. The molecule has 18 nitrogen and oxygen atoms in total. The van der Waals surface area contributed by atoms with Gasteiger partial charge in [-0.25, -0.2) is 8.78 Å². The molecule has 0 saturated carbocycles. The maximum Gasteiger partial charge on any atom is 0.251 e. The number of aromatic nitrogens is 4. The second kappa shape index (κ2) is 27.0. The van der Waals surface area contributed by atoms with Crippen LogP contribution >= 0.6 is 0 Å². The zero-order valence-electron chi connectivity index (χ0n) is 52.7. The van der Waals surface area contributed by atoms with Gasteiger partial charge in [-0.3, -0.25) is 28.8 Å². The van der Waals surface area contributed by atoms with Crippen LogP contribution in [0.3, 0.4) is 0 Å². The number of H-pyrrole nitrogens is 2. The van der Waals surface area contributed by atoms with Crippen LogP contribution < -0.4 is 42.2 Å². The number of rotatable bonds is 20. The van der Waals surface area contributed by atoms with Crippen molar-refractivity contribution in [2.45, 2.75) is 128 Å². The summed E-state index contributed by atoms with van der Waals surface area (Å²) in [5.74, 6) is 9.89. The molecule has 4 aromatic heterocycles. The second-order valence-electron chi connectivity index (χ2n) is 24.9. The number of carbonyl (C=O) groups is 4. The van der Waals surface area contributed by atoms with Crippen LogP contribution in [0.25, 0.3) is 21.8 Å². The van der Waals surface area contributed by atoms with Crippen LogP contribution in [0.15, 0.2) is 119 Å². The van der Waals surface area contributed by atoms with Crippen molar-refractivity contribution in [3.8, 4) is 35.8 Å². The molecule has 470 valence electrons. The Morgan fingerprint density at radius 1 is 0.554 bits per heavy atom. The highest BCUT2D eigenvalue weighted by atomic mass is 19.1. The Bertz CT molecular complexity index is 4260. The summed E-state index contributed by atoms with van der Waals surface area (Å²) >= 11 is 0. The first kappa shape index (κ1) is 64.6. The molecule has 4 amide bonds. The maximum atomic E-state index is 15.2. The monoisotopic (exact) mass is 1240 g/mol. The number of hydrogen-bond donors (Lipinski definition) is 6. The van der Waals surface area contributed by atoms with Crippen LogP contribution in [0.5, 0.6) is 0 Å². The summed E-state index contributed by atoms with van der Waals surface area (Å²) in [5, 5.41) is 33.6. The Morgan fingerprint density at radius 3 is 1.28 bits per heavy atom. The molecular weight excluding hydrogens is 1170 g/mol. The number of aromatic amines is 2. The Kier molecular flexibility index (Phi) is 18.9. The Hall–Kier alpha value is -10.4. The molecule has 0 radical (unpaired) electrons. The molecule has 2 aliphatic heterocycles. The van der Waals surface area contributed by atoms with E-state index < -0.39 is 58.4 Å². The molecule has 8 aromatic rings. The summed E-state index contributed by atoms with van der Waals surface area (Å²) in [4.78, 5) is 94.7. The number of nitrogens with zero attached hydrogens (tertiary/aromatic N) is 6. The van der Waals surface area contributed by atoms with Gasteiger partial charge in [0.25, 0.3) is 11.1 Å². The largest absolute Gasteiger partial charge is 0.343 e. The Morgan fingerprint density at radius 2 is 0.935 bits per heavy atom. The molecule has 2 aliphatic rings. The van der Waals surface area contributed by atoms with Gasteiger partial charge >= 0.3 is 0 Å². The molecule has 6 N–H and O–H groups in total. The molecule has 20 heteroatoms. The van der Waals surface area contributed by atoms with Crippen LogP contribution in [-0.2, 0) is 68.8 Å². The highest BCUT2D eigenvalue weighted by Gasteiger charge is 2.44. The van der Waals surface area contributed by atoms with Gasteiger partial charge in [0.05, 0.1) is 59.8 Å². The van der Waals surface area contributed by atoms with Gasteiger partial charge in [0, 0.05) is 106 Å². The van der Waals surface area contributed by atoms with Crippen molar-refractivity contribution in [2.24, 2.45) is 0 Å². The van der Waals surface area contributed by atoms with E-state index in [-0.39, 0.29) is 74.8 Å². The van der Waals surface area contributed by atoms with Crippen molar-refractivity contribution in [2.75, 3.05) is 37.0 Å². The number of pyridine rings is 2. The summed E-state index contributed by atoms with van der Waals surface area (Å²) in [5.41, 5.74) is 5.92. The zero-order valence-corrected chi connectivity index (χ0v) is 52.7. The smallest absolute Gasteiger partial charge is 0.251 e. The molecular formula is C72H72F2N12O6. The molecule has 4 aromatic carbocycles. The van der Waals surface area contributed by atoms with E-state index in [9.17, 15) is 38.5 Å². The topological polar surface area (TPSA) is 246 Å². The summed E-state index contributed by atoms with van der Waals surface area (Å²) in [6, 6.07) is 26.7. The van der Waals surface area contributed by atoms with E-state index in [1.165, 1.54) is 24.3 Å². The molecule has 0 bridgehead atoms. The first-order valence-electron chi connectivity index (χ1n) is 30.7. The zero-order chi connectivity index (χ0) is 65.8. The SMILES string of the molecule is CC[C@H](NC)C(=O)N[C@@H](Cc1cn(CC#CC#CCn2cc(C[C@H](NC(=O)[C@H](CC)NC)C(=O)N3CC(C)(C)c4[nH]c(=O)c(Cc5ccc(F)cc5)cc43)c3cc(C#N)ccc32)c2ccc(C#N)cc12)C(=O)N1CC(C)(C)c2[nH]c(=O)c(Cc3ccc(F)cc3)cc21. The standard InChI is InChI=1S/C72H72F2N12O6/c1-9-55(77-7)67(89)79-57(69(91)85-41-71(3,4)63-61(85)35-47(65(87)81-63)29-43-15-21-51(73)22-16-43)33-49-39-83(59-25-19-45(37-75)31-53(49)59)27-13-11-12-14-28-84-40-50(54-32-46(38-76)20-26-60(54)84)34-58(80-68(90)56(10-2)78-8)70(92)86-42-72(5,6)64-62(86)36-48(66(88)82-64)30-44-17-23-52(74)24-18-44/h15-26,31-32,35-36,39-40,55-58,77-78H,9-10,27-30,33-34,41-42H2,1-8H3,(H,79,89)(H,80,90)(H,81,87)(H,82,88)/t55-,56-,57-,58-/m0/s1. The van der Waals surface area contributed by atoms with Crippen LogP contribution in [0, 0.1) is 58.0 Å². The molecule has 0 saturated heterocycles. The third-order valence-electron chi connectivity index (χ3n) is 17.5. The minimum Gasteiger partial charge on any atom is -0.343 e. The molecule has 92 heavy (non-hydrogen) atoms. The lowest BCUT2D eigenvalue weighted by molar-refractivity contribution is -0.128. The molecule has 0 spiro atoms. The number of hydrogen-bond acceptors (Lipinski definition) is 10. The number of amides is 4. The molecule has 10 rings (SSSR count). The molecule has 0 fully saturated rings. The lowest BCUT2D eigenvalue weighted by Gasteiger charge is -2.27. The van der Waals surface area contributed by atoms with Crippen molar-refractivity contribution in [3.05, 3.63) is 198 Å². The van der Waals surface area contributed by atoms with Crippen molar-refractivity contribution < 1.29 is 28.0 Å². The van der Waals surface area contributed by atoms with E-state index in [1.807, 2.05) is 75.2 Å². The van der Waals surface area contributed by atoms with Gasteiger partial charge in [0.1, 0.15) is 23.7 Å². The van der Waals surface area contributed by atoms with E-state index in [4.69, 9.17) is 0 Å². The second-order valence-corrected chi connectivity index (χ2v) is 24.9. The number of halogens is 2. The van der Waals surface area contributed by atoms with Crippen LogP contribution in [-0.4, -0.2) is 94.1 Å². The fourth-order valence-electron chi connectivity index (χ4n) is 12.6. The molecule has 4 atom stereocenters. The van der Waals surface area contributed by atoms with Gasteiger partial charge < -0.3 is 50.2 Å². The molecule has 0 unspecified atom stereocenters. The van der Waals surface area contributed by atoms with E-state index in [1.54, 1.807) is 84.6 Å². The van der Waals surface area contributed by atoms with E-state index in [2.05, 4.69) is 67.1 Å². The number of fused-ring (bicyclic) bond motifs is 4. The van der Waals surface area contributed by atoms with Crippen LogP contribution in [0.4, 0.5) is 20.2 Å². The number of carbonyl (C=O) groups excluding carboxylic acids is 4. The fraction of sp³-hybridized carbons (Fsp3) is 0.333. The van der Waals surface area contributed by atoms with Crippen LogP contribution in [0.2, 0.25) is 0 Å². The van der Waals surface area contributed by atoms with Gasteiger partial charge in [0.15, 0.2) is 0 Å². The first-order valence-corrected chi connectivity index (χ1v) is 30.7. The normalized spacial score (nSPS) is 14.8. The van der Waals surface area contributed by atoms with Crippen molar-refractivity contribution in [3.63, 3.8) is 0 Å². The number of nitriles is 2. The van der Waals surface area contributed by atoms with Crippen molar-refractivity contribution in [1.29, 1.82) is 10.5 Å². The quantitative estimate of drug-likeness (QED) is 0.0409. The van der Waals surface area contributed by atoms with E-state index >= 15 is 9.59 Å². The Labute approximate surface area is 532 Å². The summed E-state index contributed by atoms with van der Waals surface area (Å²) in [6.45, 7) is 12.2. The molecule has 6 heterocycles. The van der Waals surface area contributed by atoms with Gasteiger partial charge in [0.2, 0.25) is 23.6 Å². The van der Waals surface area contributed by atoms with Crippen LogP contribution in [0.1, 0.15) is 110 Å². The van der Waals surface area contributed by atoms with E-state index in [0.29, 0.717) is 90.9 Å². The predicted molar refractivity (Wildman–Crippen MR) is 350 cm³/mol. The number of anilines is 2.